The van der Waals surface area contributed by atoms with Gasteiger partial charge in [-0.25, -0.2) is 4.98 Å². The molecule has 14 heavy (non-hydrogen) atoms. The summed E-state index contributed by atoms with van der Waals surface area (Å²) in [6, 6.07) is 0. The summed E-state index contributed by atoms with van der Waals surface area (Å²) in [5.41, 5.74) is 1.27. The van der Waals surface area contributed by atoms with Crippen molar-refractivity contribution >= 4 is 0 Å². The molecule has 2 rings (SSSR count). The van der Waals surface area contributed by atoms with Gasteiger partial charge in [-0.1, -0.05) is 5.92 Å². The maximum atomic E-state index is 5.30. The van der Waals surface area contributed by atoms with Gasteiger partial charge in [0.2, 0.25) is 0 Å². The molecule has 1 aliphatic rings. The molecule has 1 saturated heterocycles. The Kier molecular flexibility index (Phi) is 2.85. The average Bonchev–Trinajstić information content (AvgIpc) is 2.68. The molecule has 1 aliphatic heterocycles. The fourth-order valence-electron chi connectivity index (χ4n) is 2.01. The van der Waals surface area contributed by atoms with Gasteiger partial charge in [0.15, 0.2) is 0 Å². The smallest absolute Gasteiger partial charge is 0.0956 e. The molecule has 1 aromatic rings. The highest BCUT2D eigenvalue weighted by atomic mass is 15.0. The number of rotatable bonds is 2. The van der Waals surface area contributed by atoms with E-state index in [0.29, 0.717) is 12.5 Å². The summed E-state index contributed by atoms with van der Waals surface area (Å²) >= 11 is 0. The number of nitrogens with one attached hydrogen (secondary N) is 1. The van der Waals surface area contributed by atoms with Crippen molar-refractivity contribution in [2.45, 2.75) is 25.3 Å². The SMILES string of the molecule is C#CCn1cncc1C1CCCNC1. The predicted octanol–water partition coefficient (Wildman–Crippen LogP) is 0.983. The minimum absolute atomic E-state index is 0.583. The predicted molar refractivity (Wildman–Crippen MR) is 55.9 cm³/mol. The molecule has 0 spiro atoms. The van der Waals surface area contributed by atoms with Crippen molar-refractivity contribution in [3.63, 3.8) is 0 Å². The Balaban J connectivity index is 2.13. The highest BCUT2D eigenvalue weighted by Crippen LogP contribution is 2.22. The van der Waals surface area contributed by atoms with Gasteiger partial charge >= 0.3 is 0 Å². The second-order valence-electron chi connectivity index (χ2n) is 3.69. The first-order valence-electron chi connectivity index (χ1n) is 5.06. The van der Waals surface area contributed by atoms with Crippen LogP contribution in [0.2, 0.25) is 0 Å². The molecule has 0 radical (unpaired) electrons. The van der Waals surface area contributed by atoms with Crippen LogP contribution in [0.25, 0.3) is 0 Å². The minimum atomic E-state index is 0.583. The fraction of sp³-hybridized carbons (Fsp3) is 0.545. The second-order valence-corrected chi connectivity index (χ2v) is 3.69. The summed E-state index contributed by atoms with van der Waals surface area (Å²) in [5.74, 6) is 3.24. The number of terminal acetylenes is 1. The summed E-state index contributed by atoms with van der Waals surface area (Å²) in [6.45, 7) is 2.82. The Morgan fingerprint density at radius 1 is 1.71 bits per heavy atom. The lowest BCUT2D eigenvalue weighted by Gasteiger charge is -2.23. The molecule has 0 saturated carbocycles. The lowest BCUT2D eigenvalue weighted by molar-refractivity contribution is 0.445. The zero-order valence-electron chi connectivity index (χ0n) is 8.24. The molecular formula is C11H15N3. The topological polar surface area (TPSA) is 29.9 Å². The molecule has 1 unspecified atom stereocenters. The van der Waals surface area contributed by atoms with Gasteiger partial charge in [0.1, 0.15) is 0 Å². The number of imidazole rings is 1. The van der Waals surface area contributed by atoms with E-state index in [1.54, 1.807) is 0 Å². The maximum Gasteiger partial charge on any atom is 0.0956 e. The van der Waals surface area contributed by atoms with Gasteiger partial charge in [-0.15, -0.1) is 6.42 Å². The van der Waals surface area contributed by atoms with Crippen LogP contribution in [0, 0.1) is 12.3 Å². The van der Waals surface area contributed by atoms with E-state index >= 15 is 0 Å². The van der Waals surface area contributed by atoms with Gasteiger partial charge in [-0.3, -0.25) is 0 Å². The third-order valence-corrected chi connectivity index (χ3v) is 2.72. The van der Waals surface area contributed by atoms with Gasteiger partial charge in [0.05, 0.1) is 12.9 Å². The molecule has 0 aliphatic carbocycles. The number of hydrogen-bond donors (Lipinski definition) is 1. The molecule has 74 valence electrons. The van der Waals surface area contributed by atoms with Crippen molar-refractivity contribution < 1.29 is 0 Å². The van der Waals surface area contributed by atoms with Crippen molar-refractivity contribution in [1.29, 1.82) is 0 Å². The summed E-state index contributed by atoms with van der Waals surface area (Å²) in [4.78, 5) is 4.16. The van der Waals surface area contributed by atoms with Crippen LogP contribution in [0.3, 0.4) is 0 Å². The van der Waals surface area contributed by atoms with Crippen LogP contribution in [0.1, 0.15) is 24.5 Å². The summed E-state index contributed by atoms with van der Waals surface area (Å²) in [7, 11) is 0. The zero-order valence-corrected chi connectivity index (χ0v) is 8.24. The lowest BCUT2D eigenvalue weighted by Crippen LogP contribution is -2.29. The quantitative estimate of drug-likeness (QED) is 0.703. The van der Waals surface area contributed by atoms with Crippen LogP contribution in [-0.2, 0) is 6.54 Å². The van der Waals surface area contributed by atoms with E-state index < -0.39 is 0 Å². The minimum Gasteiger partial charge on any atom is -0.323 e. The summed E-state index contributed by atoms with van der Waals surface area (Å²) < 4.78 is 2.07. The average molecular weight is 189 g/mol. The summed E-state index contributed by atoms with van der Waals surface area (Å²) in [6.07, 6.45) is 11.5. The van der Waals surface area contributed by atoms with Crippen LogP contribution in [0.4, 0.5) is 0 Å². The van der Waals surface area contributed by atoms with E-state index in [9.17, 15) is 0 Å². The maximum absolute atomic E-state index is 5.30. The molecule has 3 nitrogen and oxygen atoms in total. The standard InChI is InChI=1S/C11H15N3/c1-2-6-14-9-13-8-11(14)10-4-3-5-12-7-10/h1,8-10,12H,3-7H2. The van der Waals surface area contributed by atoms with Crippen LogP contribution in [0.5, 0.6) is 0 Å². The Morgan fingerprint density at radius 3 is 3.36 bits per heavy atom. The van der Waals surface area contributed by atoms with E-state index in [-0.39, 0.29) is 0 Å². The van der Waals surface area contributed by atoms with Crippen molar-refractivity contribution in [3.8, 4) is 12.3 Å². The number of hydrogen-bond acceptors (Lipinski definition) is 2. The molecule has 0 amide bonds. The van der Waals surface area contributed by atoms with E-state index in [1.165, 1.54) is 18.5 Å². The number of aromatic nitrogens is 2. The summed E-state index contributed by atoms with van der Waals surface area (Å²) in [5, 5.41) is 3.40. The third kappa shape index (κ3) is 1.80. The monoisotopic (exact) mass is 189 g/mol. The van der Waals surface area contributed by atoms with Crippen LogP contribution in [0.15, 0.2) is 12.5 Å². The molecule has 1 aromatic heterocycles. The largest absolute Gasteiger partial charge is 0.323 e. The van der Waals surface area contributed by atoms with Crippen molar-refractivity contribution in [2.75, 3.05) is 13.1 Å². The molecule has 1 atom stereocenters. The second kappa shape index (κ2) is 4.30. The highest BCUT2D eigenvalue weighted by Gasteiger charge is 2.18. The zero-order chi connectivity index (χ0) is 9.80. The van der Waals surface area contributed by atoms with Crippen LogP contribution >= 0.6 is 0 Å². The molecular weight excluding hydrogens is 174 g/mol. The van der Waals surface area contributed by atoms with Gasteiger partial charge in [-0.2, -0.15) is 0 Å². The Labute approximate surface area is 84.5 Å². The first-order chi connectivity index (χ1) is 6.92. The van der Waals surface area contributed by atoms with Crippen LogP contribution < -0.4 is 5.32 Å². The van der Waals surface area contributed by atoms with Crippen molar-refractivity contribution in [2.24, 2.45) is 0 Å². The van der Waals surface area contributed by atoms with Gasteiger partial charge in [0.25, 0.3) is 0 Å². The molecule has 2 heterocycles. The highest BCUT2D eigenvalue weighted by molar-refractivity contribution is 5.09. The molecule has 3 heteroatoms. The Hall–Kier alpha value is -1.27. The van der Waals surface area contributed by atoms with Crippen molar-refractivity contribution in [1.82, 2.24) is 14.9 Å². The van der Waals surface area contributed by atoms with E-state index in [1.807, 2.05) is 12.5 Å². The number of piperidine rings is 1. The molecule has 0 aromatic carbocycles. The third-order valence-electron chi connectivity index (χ3n) is 2.72. The van der Waals surface area contributed by atoms with Gasteiger partial charge < -0.3 is 9.88 Å². The van der Waals surface area contributed by atoms with Gasteiger partial charge in [0, 0.05) is 24.4 Å². The van der Waals surface area contributed by atoms with Crippen molar-refractivity contribution in [3.05, 3.63) is 18.2 Å². The first-order valence-corrected chi connectivity index (χ1v) is 5.06. The van der Waals surface area contributed by atoms with E-state index in [4.69, 9.17) is 6.42 Å². The van der Waals surface area contributed by atoms with Gasteiger partial charge in [-0.05, 0) is 19.4 Å². The molecule has 0 bridgehead atoms. The van der Waals surface area contributed by atoms with Crippen LogP contribution in [-0.4, -0.2) is 22.6 Å². The Morgan fingerprint density at radius 2 is 2.64 bits per heavy atom. The fourth-order valence-corrected chi connectivity index (χ4v) is 2.01. The molecule has 1 N–H and O–H groups in total. The normalized spacial score (nSPS) is 21.8. The Bertz CT molecular complexity index is 329. The first kappa shape index (κ1) is 9.29. The van der Waals surface area contributed by atoms with E-state index in [0.717, 1.165) is 13.1 Å². The molecule has 1 fully saturated rings. The number of nitrogens with zero attached hydrogens (tertiary/aromatic N) is 2. The van der Waals surface area contributed by atoms with E-state index in [2.05, 4.69) is 20.8 Å². The lowest BCUT2D eigenvalue weighted by atomic mass is 9.96.